The first-order valence-corrected chi connectivity index (χ1v) is 5.98. The lowest BCUT2D eigenvalue weighted by Crippen LogP contribution is -1.86. The van der Waals surface area contributed by atoms with E-state index in [1.807, 2.05) is 36.5 Å². The van der Waals surface area contributed by atoms with E-state index in [0.29, 0.717) is 0 Å². The van der Waals surface area contributed by atoms with Crippen molar-refractivity contribution in [2.24, 2.45) is 0 Å². The van der Waals surface area contributed by atoms with Crippen LogP contribution < -0.4 is 0 Å². The van der Waals surface area contributed by atoms with Crippen LogP contribution in [-0.4, -0.2) is 15.1 Å². The van der Waals surface area contributed by atoms with E-state index < -0.39 is 0 Å². The molecule has 0 aliphatic heterocycles. The van der Waals surface area contributed by atoms with Gasteiger partial charge in [0.05, 0.1) is 0 Å². The summed E-state index contributed by atoms with van der Waals surface area (Å²) in [5, 5.41) is 9.71. The molecule has 0 aliphatic carbocycles. The molecule has 0 spiro atoms. The zero-order valence-corrected chi connectivity index (χ0v) is 10.2. The molecule has 0 atom stereocenters. The van der Waals surface area contributed by atoms with Crippen molar-refractivity contribution in [1.29, 1.82) is 0 Å². The number of hydrogen-bond acceptors (Lipinski definition) is 3. The number of nitrogens with zero attached hydrogens (tertiary/aromatic N) is 2. The van der Waals surface area contributed by atoms with Gasteiger partial charge in [-0.3, -0.25) is 9.97 Å². The van der Waals surface area contributed by atoms with E-state index in [9.17, 15) is 5.11 Å². The van der Waals surface area contributed by atoms with Gasteiger partial charge >= 0.3 is 0 Å². The predicted molar refractivity (Wildman–Crippen MR) is 74.6 cm³/mol. The Bertz CT molecular complexity index is 682. The fourth-order valence-corrected chi connectivity index (χ4v) is 2.07. The Hall–Kier alpha value is -2.68. The fraction of sp³-hybridized carbons (Fsp3) is 0. The van der Waals surface area contributed by atoms with Gasteiger partial charge in [0, 0.05) is 35.9 Å². The second-order valence-electron chi connectivity index (χ2n) is 4.21. The molecule has 0 amide bonds. The molecule has 3 heteroatoms. The van der Waals surface area contributed by atoms with Crippen molar-refractivity contribution in [3.63, 3.8) is 0 Å². The Morgan fingerprint density at radius 1 is 0.737 bits per heavy atom. The van der Waals surface area contributed by atoms with E-state index in [2.05, 4.69) is 9.97 Å². The molecule has 92 valence electrons. The van der Waals surface area contributed by atoms with Gasteiger partial charge in [0.15, 0.2) is 0 Å². The smallest absolute Gasteiger partial charge is 0.116 e. The monoisotopic (exact) mass is 248 g/mol. The molecule has 3 nitrogen and oxygen atoms in total. The molecule has 0 bridgehead atoms. The van der Waals surface area contributed by atoms with Gasteiger partial charge < -0.3 is 5.11 Å². The molecule has 3 aromatic rings. The molecule has 0 aliphatic rings. The number of aromatic hydroxyl groups is 1. The van der Waals surface area contributed by atoms with Crippen LogP contribution in [0.25, 0.3) is 22.3 Å². The van der Waals surface area contributed by atoms with E-state index in [1.54, 1.807) is 30.7 Å². The maximum Gasteiger partial charge on any atom is 0.116 e. The van der Waals surface area contributed by atoms with Crippen molar-refractivity contribution in [3.8, 4) is 28.0 Å². The number of benzene rings is 1. The minimum absolute atomic E-state index is 0.242. The molecule has 1 N–H and O–H groups in total. The van der Waals surface area contributed by atoms with Crippen LogP contribution in [0.5, 0.6) is 5.75 Å². The Morgan fingerprint density at radius 3 is 1.95 bits per heavy atom. The summed E-state index contributed by atoms with van der Waals surface area (Å²) in [5.74, 6) is 0.242. The van der Waals surface area contributed by atoms with Crippen molar-refractivity contribution in [2.75, 3.05) is 0 Å². The molecule has 0 radical (unpaired) electrons. The lowest BCUT2D eigenvalue weighted by Gasteiger charge is -2.10. The first-order valence-electron chi connectivity index (χ1n) is 5.98. The Morgan fingerprint density at radius 2 is 1.37 bits per heavy atom. The van der Waals surface area contributed by atoms with E-state index in [-0.39, 0.29) is 5.75 Å². The van der Waals surface area contributed by atoms with Crippen LogP contribution in [0.2, 0.25) is 0 Å². The fourth-order valence-electron chi connectivity index (χ4n) is 2.07. The quantitative estimate of drug-likeness (QED) is 0.754. The van der Waals surface area contributed by atoms with E-state index >= 15 is 0 Å². The maximum absolute atomic E-state index is 9.71. The van der Waals surface area contributed by atoms with Gasteiger partial charge in [0.2, 0.25) is 0 Å². The van der Waals surface area contributed by atoms with Gasteiger partial charge in [-0.1, -0.05) is 18.2 Å². The van der Waals surface area contributed by atoms with Gasteiger partial charge in [-0.25, -0.2) is 0 Å². The molecule has 0 fully saturated rings. The van der Waals surface area contributed by atoms with Crippen molar-refractivity contribution in [2.45, 2.75) is 0 Å². The third-order valence-electron chi connectivity index (χ3n) is 2.95. The molecule has 2 heterocycles. The van der Waals surface area contributed by atoms with Crippen LogP contribution in [-0.2, 0) is 0 Å². The van der Waals surface area contributed by atoms with Gasteiger partial charge in [0.1, 0.15) is 5.75 Å². The lowest BCUT2D eigenvalue weighted by molar-refractivity contribution is 0.475. The standard InChI is InChI=1S/C16H12N2O/c19-14-5-6-15(12-3-1-7-17-10-12)16(9-14)13-4-2-8-18-11-13/h1-11,19H. The summed E-state index contributed by atoms with van der Waals surface area (Å²) in [6.07, 6.45) is 7.07. The molecule has 0 unspecified atom stereocenters. The number of aromatic nitrogens is 2. The Labute approximate surface area is 111 Å². The van der Waals surface area contributed by atoms with Crippen LogP contribution in [0.1, 0.15) is 0 Å². The number of phenols is 1. The van der Waals surface area contributed by atoms with Gasteiger partial charge in [-0.05, 0) is 35.4 Å². The zero-order chi connectivity index (χ0) is 13.1. The van der Waals surface area contributed by atoms with Crippen LogP contribution in [0.4, 0.5) is 0 Å². The average molecular weight is 248 g/mol. The summed E-state index contributed by atoms with van der Waals surface area (Å²) in [5.41, 5.74) is 3.96. The van der Waals surface area contributed by atoms with Crippen LogP contribution in [0.15, 0.2) is 67.3 Å². The van der Waals surface area contributed by atoms with E-state index in [4.69, 9.17) is 0 Å². The van der Waals surface area contributed by atoms with Crippen LogP contribution >= 0.6 is 0 Å². The first kappa shape index (κ1) is 11.4. The number of rotatable bonds is 2. The van der Waals surface area contributed by atoms with E-state index in [1.165, 1.54) is 0 Å². The molecule has 0 saturated carbocycles. The normalized spacial score (nSPS) is 10.3. The summed E-state index contributed by atoms with van der Waals surface area (Å²) in [6.45, 7) is 0. The molecule has 3 rings (SSSR count). The van der Waals surface area contributed by atoms with Crippen molar-refractivity contribution in [1.82, 2.24) is 9.97 Å². The highest BCUT2D eigenvalue weighted by atomic mass is 16.3. The SMILES string of the molecule is Oc1ccc(-c2cccnc2)c(-c2cccnc2)c1. The van der Waals surface area contributed by atoms with Gasteiger partial charge in [-0.2, -0.15) is 0 Å². The number of pyridine rings is 2. The number of phenolic OH excluding ortho intramolecular Hbond substituents is 1. The second-order valence-corrected chi connectivity index (χ2v) is 4.21. The largest absolute Gasteiger partial charge is 0.508 e. The molecular weight excluding hydrogens is 236 g/mol. The van der Waals surface area contributed by atoms with E-state index in [0.717, 1.165) is 22.3 Å². The van der Waals surface area contributed by atoms with Crippen molar-refractivity contribution in [3.05, 3.63) is 67.3 Å². The van der Waals surface area contributed by atoms with Crippen LogP contribution in [0.3, 0.4) is 0 Å². The van der Waals surface area contributed by atoms with Gasteiger partial charge in [-0.15, -0.1) is 0 Å². The predicted octanol–water partition coefficient (Wildman–Crippen LogP) is 3.52. The zero-order valence-electron chi connectivity index (χ0n) is 10.2. The summed E-state index contributed by atoms with van der Waals surface area (Å²) in [4.78, 5) is 8.27. The Kier molecular flexibility index (Phi) is 2.94. The minimum atomic E-state index is 0.242. The van der Waals surface area contributed by atoms with Gasteiger partial charge in [0.25, 0.3) is 0 Å². The first-order chi connectivity index (χ1) is 9.34. The maximum atomic E-state index is 9.71. The highest BCUT2D eigenvalue weighted by Gasteiger charge is 2.08. The summed E-state index contributed by atoms with van der Waals surface area (Å²) in [6, 6.07) is 13.1. The number of hydrogen-bond donors (Lipinski definition) is 1. The third-order valence-corrected chi connectivity index (χ3v) is 2.95. The Balaban J connectivity index is 2.21. The van der Waals surface area contributed by atoms with Crippen molar-refractivity contribution < 1.29 is 5.11 Å². The van der Waals surface area contributed by atoms with Crippen molar-refractivity contribution >= 4 is 0 Å². The molecule has 0 saturated heterocycles. The summed E-state index contributed by atoms with van der Waals surface area (Å²) < 4.78 is 0. The summed E-state index contributed by atoms with van der Waals surface area (Å²) >= 11 is 0. The molecule has 1 aromatic carbocycles. The second kappa shape index (κ2) is 4.90. The minimum Gasteiger partial charge on any atom is -0.508 e. The van der Waals surface area contributed by atoms with Crippen LogP contribution in [0, 0.1) is 0 Å². The molecular formula is C16H12N2O. The molecule has 2 aromatic heterocycles. The highest BCUT2D eigenvalue weighted by molar-refractivity contribution is 5.83. The molecule has 19 heavy (non-hydrogen) atoms. The lowest BCUT2D eigenvalue weighted by atomic mass is 9.96. The highest BCUT2D eigenvalue weighted by Crippen LogP contribution is 2.33. The third kappa shape index (κ3) is 2.31. The average Bonchev–Trinajstić information content (AvgIpc) is 2.49. The topological polar surface area (TPSA) is 46.0 Å². The summed E-state index contributed by atoms with van der Waals surface area (Å²) in [7, 11) is 0.